The lowest BCUT2D eigenvalue weighted by molar-refractivity contribution is -0.138. The Kier molecular flexibility index (Phi) is 5.35. The number of furan rings is 1. The van der Waals surface area contributed by atoms with Crippen LogP contribution in [0.15, 0.2) is 52.0 Å². The number of benzene rings is 1. The lowest BCUT2D eigenvalue weighted by Gasteiger charge is -2.16. The van der Waals surface area contributed by atoms with Crippen LogP contribution < -0.4 is 10.6 Å². The van der Waals surface area contributed by atoms with Crippen molar-refractivity contribution < 1.29 is 26.8 Å². The average molecular weight is 354 g/mol. The fourth-order valence-corrected chi connectivity index (χ4v) is 3.59. The highest BCUT2D eigenvalue weighted by Gasteiger charge is 2.32. The topological polar surface area (TPSA) is 105 Å². The first kappa shape index (κ1) is 17.7. The summed E-state index contributed by atoms with van der Waals surface area (Å²) < 4.78 is 43.7. The number of rotatable bonds is 5. The van der Waals surface area contributed by atoms with Gasteiger partial charge in [0.2, 0.25) is 0 Å². The Labute approximate surface area is 137 Å². The highest BCUT2D eigenvalue weighted by molar-refractivity contribution is 7.91. The van der Waals surface area contributed by atoms with E-state index in [0.29, 0.717) is 0 Å². The monoisotopic (exact) mass is 354 g/mol. The molecule has 7 nitrogen and oxygen atoms in total. The van der Waals surface area contributed by atoms with Crippen LogP contribution in [0.2, 0.25) is 0 Å². The molecule has 2 aromatic rings. The van der Waals surface area contributed by atoms with E-state index >= 15 is 0 Å². The molecule has 0 aliphatic carbocycles. The Morgan fingerprint density at radius 2 is 1.83 bits per heavy atom. The van der Waals surface area contributed by atoms with Crippen molar-refractivity contribution in [2.24, 2.45) is 0 Å². The van der Waals surface area contributed by atoms with E-state index in [0.717, 1.165) is 24.3 Å². The molecular weight excluding hydrogens is 339 g/mol. The molecule has 1 aromatic heterocycles. The van der Waals surface area contributed by atoms with Gasteiger partial charge in [-0.1, -0.05) is 0 Å². The molecule has 0 spiro atoms. The predicted molar refractivity (Wildman–Crippen MR) is 82.1 cm³/mol. The molecule has 2 rings (SSSR count). The van der Waals surface area contributed by atoms with Crippen LogP contribution in [0.5, 0.6) is 0 Å². The van der Waals surface area contributed by atoms with Crippen molar-refractivity contribution >= 4 is 21.7 Å². The first-order valence-corrected chi connectivity index (χ1v) is 8.43. The van der Waals surface area contributed by atoms with Gasteiger partial charge >= 0.3 is 11.8 Å². The van der Waals surface area contributed by atoms with E-state index in [4.69, 9.17) is 4.42 Å². The van der Waals surface area contributed by atoms with Gasteiger partial charge in [0.1, 0.15) is 16.8 Å². The number of hydrogen-bond donors (Lipinski definition) is 2. The molecule has 0 radical (unpaired) electrons. The van der Waals surface area contributed by atoms with Crippen LogP contribution in [-0.2, 0) is 19.4 Å². The highest BCUT2D eigenvalue weighted by Crippen LogP contribution is 2.29. The molecule has 2 amide bonds. The summed E-state index contributed by atoms with van der Waals surface area (Å²) in [5, 5.41) is 3.12. The van der Waals surface area contributed by atoms with Gasteiger partial charge in [-0.3, -0.25) is 9.59 Å². The van der Waals surface area contributed by atoms with Crippen molar-refractivity contribution in [3.05, 3.63) is 54.2 Å². The second kappa shape index (κ2) is 7.26. The molecule has 1 unspecified atom stereocenters. The molecule has 1 aromatic carbocycles. The summed E-state index contributed by atoms with van der Waals surface area (Å²) in [4.78, 5) is 22.7. The van der Waals surface area contributed by atoms with Crippen LogP contribution in [0.4, 0.5) is 4.39 Å². The summed E-state index contributed by atoms with van der Waals surface area (Å²) in [5.41, 5.74) is 0. The minimum absolute atomic E-state index is 0.0940. The first-order chi connectivity index (χ1) is 11.4. The molecule has 9 heteroatoms. The third-order valence-electron chi connectivity index (χ3n) is 3.26. The molecule has 128 valence electrons. The Balaban J connectivity index is 2.31. The Hall–Kier alpha value is -2.68. The standard InChI is InChI=1S/C15H15FN2O5S/c1-17-14(19)15(20)18-9-13(12-3-2-8-23-12)24(21,22)11-6-4-10(16)5-7-11/h2-8,13H,9H2,1H3,(H,17,19)(H,18,20). The fraction of sp³-hybridized carbons (Fsp3) is 0.200. The summed E-state index contributed by atoms with van der Waals surface area (Å²) in [5.74, 6) is -2.34. The summed E-state index contributed by atoms with van der Waals surface area (Å²) in [7, 11) is -2.70. The average Bonchev–Trinajstić information content (AvgIpc) is 3.08. The molecule has 0 saturated carbocycles. The summed E-state index contributed by atoms with van der Waals surface area (Å²) in [6.45, 7) is -0.376. The SMILES string of the molecule is CNC(=O)C(=O)NCC(c1ccco1)S(=O)(=O)c1ccc(F)cc1. The zero-order valence-electron chi connectivity index (χ0n) is 12.7. The van der Waals surface area contributed by atoms with Crippen molar-refractivity contribution in [2.75, 3.05) is 13.6 Å². The smallest absolute Gasteiger partial charge is 0.309 e. The van der Waals surface area contributed by atoms with Crippen molar-refractivity contribution in [3.63, 3.8) is 0 Å². The molecular formula is C15H15FN2O5S. The van der Waals surface area contributed by atoms with Crippen molar-refractivity contribution in [1.82, 2.24) is 10.6 Å². The fourth-order valence-electron chi connectivity index (χ4n) is 2.01. The van der Waals surface area contributed by atoms with E-state index in [-0.39, 0.29) is 17.2 Å². The molecule has 24 heavy (non-hydrogen) atoms. The van der Waals surface area contributed by atoms with Crippen LogP contribution in [0.3, 0.4) is 0 Å². The predicted octanol–water partition coefficient (Wildman–Crippen LogP) is 0.796. The van der Waals surface area contributed by atoms with Crippen LogP contribution >= 0.6 is 0 Å². The maximum Gasteiger partial charge on any atom is 0.309 e. The lowest BCUT2D eigenvalue weighted by atomic mass is 10.3. The summed E-state index contributed by atoms with van der Waals surface area (Å²) in [6.07, 6.45) is 1.29. The molecule has 1 atom stereocenters. The van der Waals surface area contributed by atoms with Gasteiger partial charge in [-0.2, -0.15) is 0 Å². The maximum atomic E-state index is 13.0. The minimum Gasteiger partial charge on any atom is -0.468 e. The maximum absolute atomic E-state index is 13.0. The molecule has 0 fully saturated rings. The lowest BCUT2D eigenvalue weighted by Crippen LogP contribution is -2.40. The highest BCUT2D eigenvalue weighted by atomic mass is 32.2. The normalized spacial score (nSPS) is 12.4. The number of halogens is 1. The van der Waals surface area contributed by atoms with Gasteiger partial charge in [-0.15, -0.1) is 0 Å². The van der Waals surface area contributed by atoms with E-state index in [9.17, 15) is 22.4 Å². The van der Waals surface area contributed by atoms with Crippen LogP contribution in [-0.4, -0.2) is 33.8 Å². The van der Waals surface area contributed by atoms with Crippen LogP contribution in [0, 0.1) is 5.82 Å². The van der Waals surface area contributed by atoms with Gasteiger partial charge in [-0.25, -0.2) is 12.8 Å². The van der Waals surface area contributed by atoms with Crippen molar-refractivity contribution in [3.8, 4) is 0 Å². The molecule has 0 aliphatic rings. The summed E-state index contributed by atoms with van der Waals surface area (Å²) in [6, 6.07) is 7.24. The van der Waals surface area contributed by atoms with Crippen LogP contribution in [0.1, 0.15) is 11.0 Å². The summed E-state index contributed by atoms with van der Waals surface area (Å²) >= 11 is 0. The van der Waals surface area contributed by atoms with Gasteiger partial charge in [0.25, 0.3) is 0 Å². The number of hydrogen-bond acceptors (Lipinski definition) is 5. The largest absolute Gasteiger partial charge is 0.468 e. The van der Waals surface area contributed by atoms with E-state index in [1.54, 1.807) is 0 Å². The molecule has 0 aliphatic heterocycles. The van der Waals surface area contributed by atoms with Gasteiger partial charge < -0.3 is 15.1 Å². The van der Waals surface area contributed by atoms with Gasteiger partial charge in [0.15, 0.2) is 9.84 Å². The molecule has 2 N–H and O–H groups in total. The van der Waals surface area contributed by atoms with E-state index < -0.39 is 32.7 Å². The van der Waals surface area contributed by atoms with Gasteiger partial charge in [0.05, 0.1) is 11.2 Å². The second-order valence-corrected chi connectivity index (χ2v) is 6.92. The zero-order chi connectivity index (χ0) is 17.7. The van der Waals surface area contributed by atoms with E-state index in [1.807, 2.05) is 0 Å². The zero-order valence-corrected chi connectivity index (χ0v) is 13.5. The number of nitrogens with one attached hydrogen (secondary N) is 2. The number of carbonyl (C=O) groups excluding carboxylic acids is 2. The van der Waals surface area contributed by atoms with Gasteiger partial charge in [-0.05, 0) is 36.4 Å². The third kappa shape index (κ3) is 3.80. The molecule has 0 bridgehead atoms. The van der Waals surface area contributed by atoms with Crippen molar-refractivity contribution in [2.45, 2.75) is 10.1 Å². The Morgan fingerprint density at radius 3 is 2.38 bits per heavy atom. The van der Waals surface area contributed by atoms with Gasteiger partial charge in [0, 0.05) is 13.6 Å². The van der Waals surface area contributed by atoms with Crippen LogP contribution in [0.25, 0.3) is 0 Å². The number of amides is 2. The number of likely N-dealkylation sites (N-methyl/N-ethyl adjacent to an activating group) is 1. The Bertz CT molecular complexity index is 816. The quantitative estimate of drug-likeness (QED) is 0.610. The third-order valence-corrected chi connectivity index (χ3v) is 5.34. The molecule has 1 heterocycles. The Morgan fingerprint density at radius 1 is 1.17 bits per heavy atom. The van der Waals surface area contributed by atoms with E-state index in [2.05, 4.69) is 10.6 Å². The van der Waals surface area contributed by atoms with E-state index in [1.165, 1.54) is 25.4 Å². The number of carbonyl (C=O) groups is 2. The minimum atomic E-state index is -3.98. The second-order valence-electron chi connectivity index (χ2n) is 4.79. The number of sulfone groups is 1. The van der Waals surface area contributed by atoms with Crippen molar-refractivity contribution in [1.29, 1.82) is 0 Å². The first-order valence-electron chi connectivity index (χ1n) is 6.89. The molecule has 0 saturated heterocycles.